The average Bonchev–Trinajstić information content (AvgIpc) is 2.48. The van der Waals surface area contributed by atoms with E-state index in [1.807, 2.05) is 43.3 Å². The Morgan fingerprint density at radius 1 is 1.00 bits per heavy atom. The molecule has 5 heteroatoms. The van der Waals surface area contributed by atoms with E-state index >= 15 is 0 Å². The highest BCUT2D eigenvalue weighted by Gasteiger charge is 2.02. The van der Waals surface area contributed by atoms with Crippen molar-refractivity contribution in [2.45, 2.75) is 6.92 Å². The van der Waals surface area contributed by atoms with Gasteiger partial charge in [0, 0.05) is 29.5 Å². The van der Waals surface area contributed by atoms with Crippen LogP contribution in [0.4, 0.5) is 11.4 Å². The van der Waals surface area contributed by atoms with Gasteiger partial charge >= 0.3 is 0 Å². The molecule has 0 atom stereocenters. The minimum absolute atomic E-state index is 0.598. The first kappa shape index (κ1) is 15.8. The molecular formula is C16H18Cl2N2O. The Morgan fingerprint density at radius 3 is 2.48 bits per heavy atom. The average molecular weight is 325 g/mol. The van der Waals surface area contributed by atoms with Gasteiger partial charge in [-0.1, -0.05) is 29.3 Å². The summed E-state index contributed by atoms with van der Waals surface area (Å²) in [6.45, 7) is 3.56. The summed E-state index contributed by atoms with van der Waals surface area (Å²) in [6.07, 6.45) is 0. The highest BCUT2D eigenvalue weighted by Crippen LogP contribution is 2.27. The van der Waals surface area contributed by atoms with Gasteiger partial charge in [-0.2, -0.15) is 0 Å². The van der Waals surface area contributed by atoms with Crippen LogP contribution in [0.3, 0.4) is 0 Å². The predicted molar refractivity (Wildman–Crippen MR) is 91.2 cm³/mol. The molecular weight excluding hydrogens is 307 g/mol. The van der Waals surface area contributed by atoms with Crippen LogP contribution < -0.4 is 15.4 Å². The summed E-state index contributed by atoms with van der Waals surface area (Å²) in [7, 11) is 1.60. The zero-order chi connectivity index (χ0) is 15.2. The second-order valence-electron chi connectivity index (χ2n) is 4.62. The third kappa shape index (κ3) is 4.19. The molecule has 0 amide bonds. The van der Waals surface area contributed by atoms with Crippen LogP contribution in [-0.4, -0.2) is 20.2 Å². The molecule has 0 heterocycles. The van der Waals surface area contributed by atoms with Crippen molar-refractivity contribution in [1.29, 1.82) is 0 Å². The predicted octanol–water partition coefficient (Wildman–Crippen LogP) is 4.83. The van der Waals surface area contributed by atoms with Crippen molar-refractivity contribution in [1.82, 2.24) is 0 Å². The fourth-order valence-electron chi connectivity index (χ4n) is 1.98. The van der Waals surface area contributed by atoms with Crippen LogP contribution in [0, 0.1) is 6.92 Å². The Hall–Kier alpha value is -1.58. The van der Waals surface area contributed by atoms with Crippen molar-refractivity contribution in [2.75, 3.05) is 30.8 Å². The molecule has 0 radical (unpaired) electrons. The smallest absolute Gasteiger partial charge is 0.137 e. The van der Waals surface area contributed by atoms with Crippen molar-refractivity contribution in [3.63, 3.8) is 0 Å². The van der Waals surface area contributed by atoms with Gasteiger partial charge in [0.05, 0.1) is 12.1 Å². The maximum atomic E-state index is 6.09. The van der Waals surface area contributed by atoms with Gasteiger partial charge < -0.3 is 15.4 Å². The van der Waals surface area contributed by atoms with E-state index < -0.39 is 0 Å². The van der Waals surface area contributed by atoms with Gasteiger partial charge in [0.1, 0.15) is 5.75 Å². The molecule has 0 aliphatic rings. The number of nitrogens with one attached hydrogen (secondary N) is 2. The van der Waals surface area contributed by atoms with E-state index in [0.717, 1.165) is 35.1 Å². The van der Waals surface area contributed by atoms with Gasteiger partial charge in [0.2, 0.25) is 0 Å². The van der Waals surface area contributed by atoms with Crippen molar-refractivity contribution in [3.8, 4) is 5.75 Å². The molecule has 2 aromatic rings. The van der Waals surface area contributed by atoms with Gasteiger partial charge in [-0.25, -0.2) is 0 Å². The molecule has 21 heavy (non-hydrogen) atoms. The fourth-order valence-corrected chi connectivity index (χ4v) is 2.41. The number of rotatable bonds is 6. The molecule has 0 aliphatic carbocycles. The van der Waals surface area contributed by atoms with E-state index in [4.69, 9.17) is 27.9 Å². The number of hydrogen-bond donors (Lipinski definition) is 2. The summed E-state index contributed by atoms with van der Waals surface area (Å²) in [6, 6.07) is 11.5. The summed E-state index contributed by atoms with van der Waals surface area (Å²) in [5.41, 5.74) is 3.08. The zero-order valence-corrected chi connectivity index (χ0v) is 13.6. The number of hydrogen-bond acceptors (Lipinski definition) is 3. The van der Waals surface area contributed by atoms with E-state index in [1.165, 1.54) is 0 Å². The topological polar surface area (TPSA) is 33.3 Å². The zero-order valence-electron chi connectivity index (χ0n) is 12.0. The lowest BCUT2D eigenvalue weighted by molar-refractivity contribution is 0.415. The number of benzene rings is 2. The molecule has 0 fully saturated rings. The Kier molecular flexibility index (Phi) is 5.59. The number of anilines is 2. The van der Waals surface area contributed by atoms with Crippen LogP contribution in [-0.2, 0) is 0 Å². The highest BCUT2D eigenvalue weighted by atomic mass is 35.5. The molecule has 0 aliphatic heterocycles. The Morgan fingerprint density at radius 2 is 1.76 bits per heavy atom. The van der Waals surface area contributed by atoms with Crippen molar-refractivity contribution in [3.05, 3.63) is 52.0 Å². The van der Waals surface area contributed by atoms with Crippen LogP contribution in [0.15, 0.2) is 36.4 Å². The standard InChI is InChI=1S/C16H18Cl2N2O/c1-11-13(17)4-3-5-15(11)20-9-8-19-12-6-7-16(21-2)14(18)10-12/h3-7,10,19-20H,8-9H2,1-2H3. The molecule has 3 nitrogen and oxygen atoms in total. The van der Waals surface area contributed by atoms with E-state index in [0.29, 0.717) is 10.8 Å². The molecule has 0 aromatic heterocycles. The van der Waals surface area contributed by atoms with Crippen molar-refractivity contribution < 1.29 is 4.74 Å². The van der Waals surface area contributed by atoms with E-state index in [-0.39, 0.29) is 0 Å². The summed E-state index contributed by atoms with van der Waals surface area (Å²) >= 11 is 12.2. The number of halogens is 2. The lowest BCUT2D eigenvalue weighted by atomic mass is 10.2. The van der Waals surface area contributed by atoms with Crippen LogP contribution in [0.1, 0.15) is 5.56 Å². The molecule has 2 aromatic carbocycles. The third-order valence-electron chi connectivity index (χ3n) is 3.19. The SMILES string of the molecule is COc1ccc(NCCNc2cccc(Cl)c2C)cc1Cl. The van der Waals surface area contributed by atoms with Crippen LogP contribution in [0.2, 0.25) is 10.0 Å². The minimum atomic E-state index is 0.598. The van der Waals surface area contributed by atoms with Gasteiger partial charge in [-0.3, -0.25) is 0 Å². The maximum absolute atomic E-state index is 6.09. The first-order valence-electron chi connectivity index (χ1n) is 6.68. The van der Waals surface area contributed by atoms with Crippen LogP contribution >= 0.6 is 23.2 Å². The number of ether oxygens (including phenoxy) is 1. The lowest BCUT2D eigenvalue weighted by Gasteiger charge is -2.12. The fraction of sp³-hybridized carbons (Fsp3) is 0.250. The summed E-state index contributed by atoms with van der Waals surface area (Å²) in [5.74, 6) is 0.676. The molecule has 0 unspecified atom stereocenters. The van der Waals surface area contributed by atoms with Crippen molar-refractivity contribution >= 4 is 34.6 Å². The molecule has 0 saturated heterocycles. The minimum Gasteiger partial charge on any atom is -0.495 e. The largest absolute Gasteiger partial charge is 0.495 e. The van der Waals surface area contributed by atoms with Gasteiger partial charge in [0.25, 0.3) is 0 Å². The first-order chi connectivity index (χ1) is 10.1. The van der Waals surface area contributed by atoms with E-state index in [2.05, 4.69) is 10.6 Å². The molecule has 2 rings (SSSR count). The summed E-state index contributed by atoms with van der Waals surface area (Å²) in [5, 5.41) is 8.03. The molecule has 0 spiro atoms. The quantitative estimate of drug-likeness (QED) is 0.746. The molecule has 0 saturated carbocycles. The maximum Gasteiger partial charge on any atom is 0.137 e. The Labute approximate surface area is 135 Å². The lowest BCUT2D eigenvalue weighted by Crippen LogP contribution is -2.14. The van der Waals surface area contributed by atoms with E-state index in [9.17, 15) is 0 Å². The van der Waals surface area contributed by atoms with Crippen LogP contribution in [0.25, 0.3) is 0 Å². The Bertz CT molecular complexity index is 617. The second kappa shape index (κ2) is 7.43. The second-order valence-corrected chi connectivity index (χ2v) is 5.43. The van der Waals surface area contributed by atoms with Gasteiger partial charge in [-0.15, -0.1) is 0 Å². The number of methoxy groups -OCH3 is 1. The summed E-state index contributed by atoms with van der Waals surface area (Å²) < 4.78 is 5.12. The monoisotopic (exact) mass is 324 g/mol. The molecule has 2 N–H and O–H groups in total. The summed E-state index contributed by atoms with van der Waals surface area (Å²) in [4.78, 5) is 0. The van der Waals surface area contributed by atoms with Gasteiger partial charge in [0.15, 0.2) is 0 Å². The Balaban J connectivity index is 1.85. The highest BCUT2D eigenvalue weighted by molar-refractivity contribution is 6.32. The van der Waals surface area contributed by atoms with E-state index in [1.54, 1.807) is 7.11 Å². The normalized spacial score (nSPS) is 10.3. The van der Waals surface area contributed by atoms with Gasteiger partial charge in [-0.05, 0) is 42.8 Å². The van der Waals surface area contributed by atoms with Crippen LogP contribution in [0.5, 0.6) is 5.75 Å². The molecule has 0 bridgehead atoms. The molecule has 112 valence electrons. The van der Waals surface area contributed by atoms with Crippen molar-refractivity contribution in [2.24, 2.45) is 0 Å². The third-order valence-corrected chi connectivity index (χ3v) is 3.89. The first-order valence-corrected chi connectivity index (χ1v) is 7.44.